The van der Waals surface area contributed by atoms with Gasteiger partial charge >= 0.3 is 0 Å². The molecule has 0 radical (unpaired) electrons. The number of nitriles is 1. The summed E-state index contributed by atoms with van der Waals surface area (Å²) in [5.74, 6) is 1.24. The Morgan fingerprint density at radius 1 is 1.03 bits per heavy atom. The van der Waals surface area contributed by atoms with Crippen LogP contribution in [0.4, 0.5) is 5.95 Å². The molecule has 1 N–H and O–H groups in total. The van der Waals surface area contributed by atoms with E-state index in [1.165, 1.54) is 6.20 Å². The van der Waals surface area contributed by atoms with E-state index in [1.54, 1.807) is 18.2 Å². The van der Waals surface area contributed by atoms with E-state index in [9.17, 15) is 13.7 Å². The molecule has 0 saturated carbocycles. The summed E-state index contributed by atoms with van der Waals surface area (Å²) in [4.78, 5) is 8.04. The summed E-state index contributed by atoms with van der Waals surface area (Å²) in [6.07, 6.45) is 2.49. The van der Waals surface area contributed by atoms with E-state index in [-0.39, 0.29) is 19.2 Å². The second-order valence-corrected chi connectivity index (χ2v) is 10.3. The average molecular weight is 543 g/mol. The summed E-state index contributed by atoms with van der Waals surface area (Å²) in [7, 11) is -3.47. The Bertz CT molecular complexity index is 1570. The van der Waals surface area contributed by atoms with Crippen LogP contribution in [-0.2, 0) is 16.6 Å². The van der Waals surface area contributed by atoms with Gasteiger partial charge in [-0.15, -0.1) is 11.6 Å². The number of sulfonamides is 1. The van der Waals surface area contributed by atoms with E-state index in [0.29, 0.717) is 33.7 Å². The normalized spacial score (nSPS) is 11.2. The van der Waals surface area contributed by atoms with E-state index < -0.39 is 10.0 Å². The molecule has 1 heterocycles. The lowest BCUT2D eigenvalue weighted by molar-refractivity contribution is 0.301. The molecule has 0 unspecified atom stereocenters. The SMILES string of the molecule is CS(=O)(=O)Nc1nccc(COc2ccc3cc(-c4cc(Cl)c(OCCCl)c(C#N)c4)ccc3c2)n1. The Balaban J connectivity index is 1.53. The molecule has 184 valence electrons. The summed E-state index contributed by atoms with van der Waals surface area (Å²) in [5.41, 5.74) is 2.55. The van der Waals surface area contributed by atoms with Crippen LogP contribution in [0.3, 0.4) is 0 Å². The Hall–Kier alpha value is -3.58. The predicted octanol–water partition coefficient (Wildman–Crippen LogP) is 5.39. The molecule has 0 aliphatic carbocycles. The van der Waals surface area contributed by atoms with Gasteiger partial charge in [0.25, 0.3) is 0 Å². The number of hydrogen-bond acceptors (Lipinski definition) is 7. The van der Waals surface area contributed by atoms with Crippen molar-refractivity contribution in [1.29, 1.82) is 5.26 Å². The zero-order valence-electron chi connectivity index (χ0n) is 19.0. The molecule has 8 nitrogen and oxygen atoms in total. The molecule has 0 spiro atoms. The fraction of sp³-hybridized carbons (Fsp3) is 0.160. The highest BCUT2D eigenvalue weighted by molar-refractivity contribution is 7.91. The van der Waals surface area contributed by atoms with Crippen LogP contribution in [0.15, 0.2) is 60.8 Å². The number of aromatic nitrogens is 2. The van der Waals surface area contributed by atoms with E-state index in [0.717, 1.165) is 28.2 Å². The molecule has 36 heavy (non-hydrogen) atoms. The van der Waals surface area contributed by atoms with Gasteiger partial charge < -0.3 is 9.47 Å². The molecule has 1 aromatic heterocycles. The van der Waals surface area contributed by atoms with Crippen LogP contribution < -0.4 is 14.2 Å². The van der Waals surface area contributed by atoms with Gasteiger partial charge in [0.1, 0.15) is 25.0 Å². The number of benzene rings is 3. The van der Waals surface area contributed by atoms with Crippen LogP contribution in [0, 0.1) is 11.3 Å². The standard InChI is InChI=1S/C25H20Cl2N4O4S/c1-36(32,33)31-25-29-8-6-21(30-25)15-35-22-5-4-16-10-17(2-3-18(16)12-22)19-11-20(14-28)24(23(27)13-19)34-9-7-26/h2-6,8,10-13H,7,9,15H2,1H3,(H,29,30,31). The molecule has 4 aromatic rings. The fourth-order valence-corrected chi connectivity index (χ4v) is 4.25. The summed E-state index contributed by atoms with van der Waals surface area (Å²) in [6.45, 7) is 0.393. The fourth-order valence-electron chi connectivity index (χ4n) is 3.47. The van der Waals surface area contributed by atoms with Gasteiger partial charge in [-0.2, -0.15) is 5.26 Å². The Labute approximate surface area is 218 Å². The molecule has 11 heteroatoms. The third-order valence-electron chi connectivity index (χ3n) is 5.01. The lowest BCUT2D eigenvalue weighted by atomic mass is 9.99. The van der Waals surface area contributed by atoms with Crippen LogP contribution in [0.1, 0.15) is 11.3 Å². The van der Waals surface area contributed by atoms with Gasteiger partial charge in [0.05, 0.1) is 28.4 Å². The van der Waals surface area contributed by atoms with Crippen LogP contribution in [0.25, 0.3) is 21.9 Å². The number of ether oxygens (including phenoxy) is 2. The topological polar surface area (TPSA) is 114 Å². The van der Waals surface area contributed by atoms with Crippen molar-refractivity contribution in [2.24, 2.45) is 0 Å². The highest BCUT2D eigenvalue weighted by atomic mass is 35.5. The summed E-state index contributed by atoms with van der Waals surface area (Å²) < 4.78 is 36.4. The Kier molecular flexibility index (Phi) is 7.79. The van der Waals surface area contributed by atoms with E-state index in [1.807, 2.05) is 36.4 Å². The summed E-state index contributed by atoms with van der Waals surface area (Å²) in [6, 6.07) is 18.8. The molecule has 0 aliphatic rings. The van der Waals surface area contributed by atoms with Crippen molar-refractivity contribution >= 4 is 49.9 Å². The number of anilines is 1. The van der Waals surface area contributed by atoms with Crippen molar-refractivity contribution in [3.05, 3.63) is 77.1 Å². The number of hydrogen-bond donors (Lipinski definition) is 1. The van der Waals surface area contributed by atoms with Crippen molar-refractivity contribution in [3.63, 3.8) is 0 Å². The molecule has 3 aromatic carbocycles. The zero-order valence-corrected chi connectivity index (χ0v) is 21.4. The molecule has 0 saturated heterocycles. The highest BCUT2D eigenvalue weighted by Gasteiger charge is 2.13. The Morgan fingerprint density at radius 3 is 2.56 bits per heavy atom. The summed E-state index contributed by atoms with van der Waals surface area (Å²) >= 11 is 12.1. The minimum Gasteiger partial charge on any atom is -0.489 e. The third-order valence-corrected chi connectivity index (χ3v) is 6.00. The molecule has 4 rings (SSSR count). The van der Waals surface area contributed by atoms with Gasteiger partial charge in [0.15, 0.2) is 5.75 Å². The van der Waals surface area contributed by atoms with E-state index in [4.69, 9.17) is 32.7 Å². The lowest BCUT2D eigenvalue weighted by Gasteiger charge is -2.12. The number of rotatable bonds is 9. The highest BCUT2D eigenvalue weighted by Crippen LogP contribution is 2.35. The first-order valence-corrected chi connectivity index (χ1v) is 13.5. The average Bonchev–Trinajstić information content (AvgIpc) is 2.85. The monoisotopic (exact) mass is 542 g/mol. The van der Waals surface area contributed by atoms with Gasteiger partial charge in [0.2, 0.25) is 16.0 Å². The van der Waals surface area contributed by atoms with Gasteiger partial charge in [-0.3, -0.25) is 4.72 Å². The first-order valence-electron chi connectivity index (χ1n) is 10.6. The zero-order chi connectivity index (χ0) is 25.7. The Morgan fingerprint density at radius 2 is 1.81 bits per heavy atom. The number of nitrogens with one attached hydrogen (secondary N) is 1. The maximum absolute atomic E-state index is 11.4. The van der Waals surface area contributed by atoms with Gasteiger partial charge in [-0.05, 0) is 58.3 Å². The van der Waals surface area contributed by atoms with Crippen LogP contribution in [-0.4, -0.2) is 37.1 Å². The molecular weight excluding hydrogens is 523 g/mol. The van der Waals surface area contributed by atoms with Crippen molar-refractivity contribution in [3.8, 4) is 28.7 Å². The number of alkyl halides is 1. The molecule has 0 aliphatic heterocycles. The minimum absolute atomic E-state index is 0.0112. The number of halogens is 2. The van der Waals surface area contributed by atoms with Gasteiger partial charge in [-0.25, -0.2) is 18.4 Å². The number of fused-ring (bicyclic) bond motifs is 1. The van der Waals surface area contributed by atoms with E-state index >= 15 is 0 Å². The lowest BCUT2D eigenvalue weighted by Crippen LogP contribution is -2.13. The molecule has 0 bridgehead atoms. The largest absolute Gasteiger partial charge is 0.489 e. The van der Waals surface area contributed by atoms with Crippen LogP contribution >= 0.6 is 23.2 Å². The second-order valence-electron chi connectivity index (χ2n) is 7.74. The van der Waals surface area contributed by atoms with Crippen LogP contribution in [0.5, 0.6) is 11.5 Å². The van der Waals surface area contributed by atoms with Crippen molar-refractivity contribution in [2.75, 3.05) is 23.5 Å². The van der Waals surface area contributed by atoms with Crippen molar-refractivity contribution in [2.45, 2.75) is 6.61 Å². The minimum atomic E-state index is -3.47. The first-order chi connectivity index (χ1) is 17.3. The van der Waals surface area contributed by atoms with E-state index in [2.05, 4.69) is 20.8 Å². The first kappa shape index (κ1) is 25.5. The quantitative estimate of drug-likeness (QED) is 0.282. The summed E-state index contributed by atoms with van der Waals surface area (Å²) in [5, 5.41) is 11.8. The van der Waals surface area contributed by atoms with Crippen LogP contribution in [0.2, 0.25) is 5.02 Å². The molecule has 0 atom stereocenters. The smallest absolute Gasteiger partial charge is 0.236 e. The second kappa shape index (κ2) is 11.0. The van der Waals surface area contributed by atoms with Crippen molar-refractivity contribution < 1.29 is 17.9 Å². The van der Waals surface area contributed by atoms with Crippen molar-refractivity contribution in [1.82, 2.24) is 9.97 Å². The molecule has 0 fully saturated rings. The van der Waals surface area contributed by atoms with Gasteiger partial charge in [0, 0.05) is 6.20 Å². The molecule has 0 amide bonds. The maximum atomic E-state index is 11.4. The third kappa shape index (κ3) is 6.34. The maximum Gasteiger partial charge on any atom is 0.236 e. The number of nitrogens with zero attached hydrogens (tertiary/aromatic N) is 3. The molecular formula is C25H20Cl2N4O4S. The predicted molar refractivity (Wildman–Crippen MR) is 140 cm³/mol. The van der Waals surface area contributed by atoms with Gasteiger partial charge in [-0.1, -0.05) is 29.8 Å².